The Morgan fingerprint density at radius 3 is 2.22 bits per heavy atom. The summed E-state index contributed by atoms with van der Waals surface area (Å²) in [4.78, 5) is 29.0. The number of hydrogen-bond acceptors (Lipinski definition) is 5. The lowest BCUT2D eigenvalue weighted by molar-refractivity contribution is -0.145. The highest BCUT2D eigenvalue weighted by Gasteiger charge is 2.38. The molecule has 0 N–H and O–H groups in total. The van der Waals surface area contributed by atoms with Crippen LogP contribution in [0.25, 0.3) is 0 Å². The van der Waals surface area contributed by atoms with Crippen molar-refractivity contribution in [1.82, 2.24) is 9.80 Å². The normalized spacial score (nSPS) is 21.9. The summed E-state index contributed by atoms with van der Waals surface area (Å²) in [5, 5.41) is 0. The third kappa shape index (κ3) is 3.25. The van der Waals surface area contributed by atoms with E-state index in [4.69, 9.17) is 13.9 Å². The summed E-state index contributed by atoms with van der Waals surface area (Å²) in [6.07, 6.45) is 0.459. The highest BCUT2D eigenvalue weighted by atomic mass is 16.6. The molecule has 1 aromatic heterocycles. The van der Waals surface area contributed by atoms with Gasteiger partial charge in [0.15, 0.2) is 11.5 Å². The molecule has 2 unspecified atom stereocenters. The molecule has 1 saturated heterocycles. The number of piperazine rings is 1. The van der Waals surface area contributed by atoms with Gasteiger partial charge in [0.2, 0.25) is 6.10 Å². The van der Waals surface area contributed by atoms with Crippen LogP contribution in [0.1, 0.15) is 23.0 Å². The lowest BCUT2D eigenvalue weighted by Gasteiger charge is -2.38. The molecule has 2 amide bonds. The lowest BCUT2D eigenvalue weighted by atomic mass is 10.1. The lowest BCUT2D eigenvalue weighted by Crippen LogP contribution is -2.56. The van der Waals surface area contributed by atoms with Gasteiger partial charge < -0.3 is 23.7 Å². The van der Waals surface area contributed by atoms with Crippen LogP contribution < -0.4 is 9.47 Å². The number of amides is 2. The van der Waals surface area contributed by atoms with Crippen molar-refractivity contribution in [2.24, 2.45) is 0 Å². The molecule has 3 heterocycles. The van der Waals surface area contributed by atoms with Crippen LogP contribution in [0.4, 0.5) is 0 Å². The van der Waals surface area contributed by atoms with Gasteiger partial charge in [0.1, 0.15) is 11.9 Å². The van der Waals surface area contributed by atoms with E-state index in [0.29, 0.717) is 49.0 Å². The largest absolute Gasteiger partial charge is 0.482 e. The highest BCUT2D eigenvalue weighted by Crippen LogP contribution is 2.34. The van der Waals surface area contributed by atoms with Crippen molar-refractivity contribution in [3.63, 3.8) is 0 Å². The van der Waals surface area contributed by atoms with Crippen LogP contribution in [0.2, 0.25) is 0 Å². The first-order valence-electron chi connectivity index (χ1n) is 9.09. The number of para-hydroxylation sites is 2. The van der Waals surface area contributed by atoms with Crippen molar-refractivity contribution in [2.45, 2.75) is 26.1 Å². The van der Waals surface area contributed by atoms with Crippen LogP contribution in [0.5, 0.6) is 11.5 Å². The monoisotopic (exact) mass is 370 g/mol. The summed E-state index contributed by atoms with van der Waals surface area (Å²) in [5.74, 6) is 1.67. The molecular weight excluding hydrogens is 348 g/mol. The molecule has 0 spiro atoms. The smallest absolute Gasteiger partial charge is 0.267 e. The Bertz CT molecular complexity index is 854. The van der Waals surface area contributed by atoms with Crippen LogP contribution in [0, 0.1) is 6.92 Å². The molecule has 2 atom stereocenters. The minimum Gasteiger partial charge on any atom is -0.482 e. The van der Waals surface area contributed by atoms with E-state index in [1.54, 1.807) is 28.9 Å². The fraction of sp³-hybridized carbons (Fsp3) is 0.400. The van der Waals surface area contributed by atoms with E-state index in [-0.39, 0.29) is 17.9 Å². The number of carbonyl (C=O) groups is 2. The molecule has 142 valence electrons. The number of carbonyl (C=O) groups excluding carboxylic acids is 2. The summed E-state index contributed by atoms with van der Waals surface area (Å²) >= 11 is 0. The number of furan rings is 1. The minimum absolute atomic E-state index is 0.0621. The number of hydrogen-bond donors (Lipinski definition) is 0. The number of nitrogens with zero attached hydrogens (tertiary/aromatic N) is 2. The first kappa shape index (κ1) is 17.5. The second kappa shape index (κ2) is 6.98. The van der Waals surface area contributed by atoms with Gasteiger partial charge in [-0.3, -0.25) is 9.59 Å². The molecule has 27 heavy (non-hydrogen) atoms. The average molecular weight is 370 g/mol. The molecule has 0 aliphatic carbocycles. The summed E-state index contributed by atoms with van der Waals surface area (Å²) in [6, 6.07) is 9.03. The van der Waals surface area contributed by atoms with Crippen LogP contribution in [-0.2, 0) is 4.79 Å². The second-order valence-electron chi connectivity index (χ2n) is 6.82. The SMILES string of the molecule is Cc1occc1C(=O)N1CCN(C(=O)C2Oc3ccccc3OC2C)CC1. The van der Waals surface area contributed by atoms with E-state index in [1.807, 2.05) is 25.1 Å². The van der Waals surface area contributed by atoms with Gasteiger partial charge in [-0.1, -0.05) is 12.1 Å². The molecule has 4 rings (SSSR count). The number of rotatable bonds is 2. The number of ether oxygens (including phenoxy) is 2. The molecule has 7 heteroatoms. The summed E-state index contributed by atoms with van der Waals surface area (Å²) in [6.45, 7) is 5.50. The highest BCUT2D eigenvalue weighted by molar-refractivity contribution is 5.95. The molecule has 2 aromatic rings. The fourth-order valence-corrected chi connectivity index (χ4v) is 3.48. The third-order valence-electron chi connectivity index (χ3n) is 5.05. The number of fused-ring (bicyclic) bond motifs is 1. The zero-order chi connectivity index (χ0) is 19.0. The van der Waals surface area contributed by atoms with Gasteiger partial charge in [0.05, 0.1) is 11.8 Å². The van der Waals surface area contributed by atoms with Gasteiger partial charge in [-0.05, 0) is 32.0 Å². The van der Waals surface area contributed by atoms with E-state index in [9.17, 15) is 9.59 Å². The van der Waals surface area contributed by atoms with Gasteiger partial charge in [0.25, 0.3) is 11.8 Å². The van der Waals surface area contributed by atoms with Gasteiger partial charge in [-0.25, -0.2) is 0 Å². The summed E-state index contributed by atoms with van der Waals surface area (Å²) < 4.78 is 16.9. The Labute approximate surface area is 157 Å². The minimum atomic E-state index is -0.682. The second-order valence-corrected chi connectivity index (χ2v) is 6.82. The maximum absolute atomic E-state index is 12.9. The fourth-order valence-electron chi connectivity index (χ4n) is 3.48. The van der Waals surface area contributed by atoms with Crippen molar-refractivity contribution in [3.8, 4) is 11.5 Å². The maximum Gasteiger partial charge on any atom is 0.267 e. The van der Waals surface area contributed by atoms with Gasteiger partial charge in [-0.15, -0.1) is 0 Å². The van der Waals surface area contributed by atoms with Crippen LogP contribution in [0.15, 0.2) is 41.0 Å². The quantitative estimate of drug-likeness (QED) is 0.810. The standard InChI is InChI=1S/C20H22N2O5/c1-13-15(7-12-25-13)19(23)21-8-10-22(11-9-21)20(24)18-14(2)26-16-5-3-4-6-17(16)27-18/h3-7,12,14,18H,8-11H2,1-2H3. The molecular formula is C20H22N2O5. The molecule has 1 aromatic carbocycles. The molecule has 1 fully saturated rings. The van der Waals surface area contributed by atoms with Gasteiger partial charge in [0, 0.05) is 26.2 Å². The summed E-state index contributed by atoms with van der Waals surface area (Å²) in [7, 11) is 0. The van der Waals surface area contributed by atoms with Gasteiger partial charge >= 0.3 is 0 Å². The average Bonchev–Trinajstić information content (AvgIpc) is 3.12. The molecule has 7 nitrogen and oxygen atoms in total. The van der Waals surface area contributed by atoms with Crippen LogP contribution >= 0.6 is 0 Å². The molecule has 0 radical (unpaired) electrons. The zero-order valence-electron chi connectivity index (χ0n) is 15.4. The maximum atomic E-state index is 12.9. The van der Waals surface area contributed by atoms with Crippen molar-refractivity contribution in [3.05, 3.63) is 47.9 Å². The molecule has 0 saturated carbocycles. The van der Waals surface area contributed by atoms with Crippen LogP contribution in [-0.4, -0.2) is 60.0 Å². The van der Waals surface area contributed by atoms with E-state index in [2.05, 4.69) is 0 Å². The van der Waals surface area contributed by atoms with E-state index < -0.39 is 6.10 Å². The van der Waals surface area contributed by atoms with Crippen molar-refractivity contribution < 1.29 is 23.5 Å². The predicted molar refractivity (Wildman–Crippen MR) is 96.9 cm³/mol. The van der Waals surface area contributed by atoms with E-state index in [1.165, 1.54) is 6.26 Å². The van der Waals surface area contributed by atoms with Crippen molar-refractivity contribution in [1.29, 1.82) is 0 Å². The first-order chi connectivity index (χ1) is 13.0. The Morgan fingerprint density at radius 2 is 1.59 bits per heavy atom. The molecule has 2 aliphatic rings. The number of benzene rings is 1. The Balaban J connectivity index is 1.39. The Hall–Kier alpha value is -2.96. The summed E-state index contributed by atoms with van der Waals surface area (Å²) in [5.41, 5.74) is 0.573. The third-order valence-corrected chi connectivity index (χ3v) is 5.05. The van der Waals surface area contributed by atoms with E-state index >= 15 is 0 Å². The van der Waals surface area contributed by atoms with Gasteiger partial charge in [-0.2, -0.15) is 0 Å². The number of aryl methyl sites for hydroxylation is 1. The zero-order valence-corrected chi connectivity index (χ0v) is 15.4. The van der Waals surface area contributed by atoms with Crippen LogP contribution in [0.3, 0.4) is 0 Å². The van der Waals surface area contributed by atoms with Crippen molar-refractivity contribution >= 4 is 11.8 Å². The Kier molecular flexibility index (Phi) is 4.51. The Morgan fingerprint density at radius 1 is 0.963 bits per heavy atom. The van der Waals surface area contributed by atoms with Crippen molar-refractivity contribution in [2.75, 3.05) is 26.2 Å². The molecule has 2 aliphatic heterocycles. The topological polar surface area (TPSA) is 72.2 Å². The van der Waals surface area contributed by atoms with E-state index in [0.717, 1.165) is 0 Å². The predicted octanol–water partition coefficient (Wildman–Crippen LogP) is 2.10. The first-order valence-corrected chi connectivity index (χ1v) is 9.09. The molecule has 0 bridgehead atoms.